The molecule has 1 unspecified atom stereocenters. The van der Waals surface area contributed by atoms with Crippen molar-refractivity contribution in [2.24, 2.45) is 0 Å². The number of methoxy groups -OCH3 is 2. The van der Waals surface area contributed by atoms with Crippen molar-refractivity contribution in [2.45, 2.75) is 6.10 Å². The average molecular weight is 286 g/mol. The molecule has 6 heteroatoms. The summed E-state index contributed by atoms with van der Waals surface area (Å²) in [6.45, 7) is 0. The molecule has 4 nitrogen and oxygen atoms in total. The number of thiazole rings is 1. The van der Waals surface area contributed by atoms with E-state index in [0.29, 0.717) is 26.4 Å². The Morgan fingerprint density at radius 1 is 1.33 bits per heavy atom. The molecule has 0 saturated carbocycles. The first-order valence-corrected chi connectivity index (χ1v) is 6.36. The van der Waals surface area contributed by atoms with Crippen LogP contribution >= 0.6 is 22.9 Å². The van der Waals surface area contributed by atoms with Gasteiger partial charge in [-0.1, -0.05) is 11.6 Å². The standard InChI is InChI=1S/C12H12ClNO3S/c1-16-7-3-4-9(17-2)8(5-7)11(15)12-14-6-10(13)18-12/h3-6,11,15H,1-2H3. The molecule has 0 radical (unpaired) electrons. The van der Waals surface area contributed by atoms with Crippen LogP contribution in [0.1, 0.15) is 16.7 Å². The van der Waals surface area contributed by atoms with E-state index in [1.54, 1.807) is 32.4 Å². The fourth-order valence-corrected chi connectivity index (χ4v) is 2.51. The molecule has 18 heavy (non-hydrogen) atoms. The van der Waals surface area contributed by atoms with Gasteiger partial charge in [-0.3, -0.25) is 0 Å². The molecule has 1 atom stereocenters. The zero-order valence-electron chi connectivity index (χ0n) is 9.88. The number of aliphatic hydroxyl groups excluding tert-OH is 1. The first kappa shape index (κ1) is 13.1. The topological polar surface area (TPSA) is 51.6 Å². The van der Waals surface area contributed by atoms with Crippen LogP contribution in [0.5, 0.6) is 11.5 Å². The van der Waals surface area contributed by atoms with Crippen LogP contribution in [-0.4, -0.2) is 24.3 Å². The third kappa shape index (κ3) is 2.58. The largest absolute Gasteiger partial charge is 0.497 e. The molecule has 1 aromatic heterocycles. The Morgan fingerprint density at radius 2 is 2.11 bits per heavy atom. The summed E-state index contributed by atoms with van der Waals surface area (Å²) in [5.74, 6) is 1.22. The Bertz CT molecular complexity index is 544. The monoisotopic (exact) mass is 285 g/mol. The molecule has 0 aliphatic rings. The van der Waals surface area contributed by atoms with Crippen molar-refractivity contribution in [3.8, 4) is 11.5 Å². The van der Waals surface area contributed by atoms with Crippen LogP contribution in [0.3, 0.4) is 0 Å². The minimum Gasteiger partial charge on any atom is -0.497 e. The lowest BCUT2D eigenvalue weighted by Crippen LogP contribution is -2.02. The zero-order valence-corrected chi connectivity index (χ0v) is 11.5. The average Bonchev–Trinajstić information content (AvgIpc) is 2.83. The Hall–Kier alpha value is -1.30. The molecule has 1 N–H and O–H groups in total. The summed E-state index contributed by atoms with van der Waals surface area (Å²) in [7, 11) is 3.12. The van der Waals surface area contributed by atoms with Gasteiger partial charge in [0, 0.05) is 5.56 Å². The first-order chi connectivity index (χ1) is 8.65. The fourth-order valence-electron chi connectivity index (χ4n) is 1.58. The molecular formula is C12H12ClNO3S. The molecule has 96 valence electrons. The summed E-state index contributed by atoms with van der Waals surface area (Å²) in [4.78, 5) is 4.06. The third-order valence-electron chi connectivity index (χ3n) is 2.46. The Kier molecular flexibility index (Phi) is 4.06. The number of hydrogen-bond donors (Lipinski definition) is 1. The van der Waals surface area contributed by atoms with E-state index < -0.39 is 6.10 Å². The number of rotatable bonds is 4. The predicted octanol–water partition coefficient (Wildman–Crippen LogP) is 2.90. The molecule has 0 aliphatic carbocycles. The highest BCUT2D eigenvalue weighted by atomic mass is 35.5. The highest BCUT2D eigenvalue weighted by molar-refractivity contribution is 7.15. The quantitative estimate of drug-likeness (QED) is 0.938. The minimum atomic E-state index is -0.882. The van der Waals surface area contributed by atoms with E-state index >= 15 is 0 Å². The number of halogens is 1. The van der Waals surface area contributed by atoms with Gasteiger partial charge in [-0.05, 0) is 18.2 Å². The summed E-state index contributed by atoms with van der Waals surface area (Å²) in [6, 6.07) is 5.23. The molecule has 0 spiro atoms. The maximum absolute atomic E-state index is 10.3. The summed E-state index contributed by atoms with van der Waals surface area (Å²) >= 11 is 7.04. The molecular weight excluding hydrogens is 274 g/mol. The number of hydrogen-bond acceptors (Lipinski definition) is 5. The SMILES string of the molecule is COc1ccc(OC)c(C(O)c2ncc(Cl)s2)c1. The molecule has 2 aromatic rings. The molecule has 0 aliphatic heterocycles. The van der Waals surface area contributed by atoms with Crippen molar-refractivity contribution in [1.29, 1.82) is 0 Å². The van der Waals surface area contributed by atoms with E-state index in [-0.39, 0.29) is 0 Å². The molecule has 1 heterocycles. The second kappa shape index (κ2) is 5.56. The van der Waals surface area contributed by atoms with E-state index in [1.165, 1.54) is 17.5 Å². The van der Waals surface area contributed by atoms with Gasteiger partial charge in [-0.2, -0.15) is 0 Å². The van der Waals surface area contributed by atoms with Gasteiger partial charge >= 0.3 is 0 Å². The van der Waals surface area contributed by atoms with Gasteiger partial charge in [0.1, 0.15) is 26.9 Å². The van der Waals surface area contributed by atoms with Gasteiger partial charge < -0.3 is 14.6 Å². The maximum atomic E-state index is 10.3. The fraction of sp³-hybridized carbons (Fsp3) is 0.250. The van der Waals surface area contributed by atoms with Crippen LogP contribution in [0, 0.1) is 0 Å². The Balaban J connectivity index is 2.41. The zero-order chi connectivity index (χ0) is 13.1. The van der Waals surface area contributed by atoms with E-state index in [0.717, 1.165) is 0 Å². The highest BCUT2D eigenvalue weighted by Crippen LogP contribution is 2.35. The lowest BCUT2D eigenvalue weighted by atomic mass is 10.1. The molecule has 0 fully saturated rings. The van der Waals surface area contributed by atoms with Gasteiger partial charge in [-0.15, -0.1) is 11.3 Å². The summed E-state index contributed by atoms with van der Waals surface area (Å²) in [5, 5.41) is 10.8. The van der Waals surface area contributed by atoms with Crippen LogP contribution in [0.15, 0.2) is 24.4 Å². The number of ether oxygens (including phenoxy) is 2. The summed E-state index contributed by atoms with van der Waals surface area (Å²) < 4.78 is 10.9. The predicted molar refractivity (Wildman–Crippen MR) is 70.7 cm³/mol. The van der Waals surface area contributed by atoms with E-state index in [9.17, 15) is 5.11 Å². The number of aromatic nitrogens is 1. The molecule has 0 bridgehead atoms. The first-order valence-electron chi connectivity index (χ1n) is 5.17. The number of benzene rings is 1. The van der Waals surface area contributed by atoms with Gasteiger partial charge in [0.25, 0.3) is 0 Å². The maximum Gasteiger partial charge on any atom is 0.134 e. The van der Waals surface area contributed by atoms with Crippen molar-refractivity contribution in [3.05, 3.63) is 39.3 Å². The van der Waals surface area contributed by atoms with Crippen molar-refractivity contribution < 1.29 is 14.6 Å². The molecule has 0 amide bonds. The Morgan fingerprint density at radius 3 is 2.67 bits per heavy atom. The number of aliphatic hydroxyl groups is 1. The molecule has 0 saturated heterocycles. The van der Waals surface area contributed by atoms with Gasteiger partial charge in [0.2, 0.25) is 0 Å². The van der Waals surface area contributed by atoms with Crippen LogP contribution in [-0.2, 0) is 0 Å². The number of nitrogens with zero attached hydrogens (tertiary/aromatic N) is 1. The summed E-state index contributed by atoms with van der Waals surface area (Å²) in [5.41, 5.74) is 0.600. The smallest absolute Gasteiger partial charge is 0.134 e. The second-order valence-corrected chi connectivity index (χ2v) is 5.21. The van der Waals surface area contributed by atoms with Crippen molar-refractivity contribution in [1.82, 2.24) is 4.98 Å². The van der Waals surface area contributed by atoms with Crippen LogP contribution in [0.25, 0.3) is 0 Å². The van der Waals surface area contributed by atoms with E-state index in [4.69, 9.17) is 21.1 Å². The van der Waals surface area contributed by atoms with Gasteiger partial charge in [-0.25, -0.2) is 4.98 Å². The van der Waals surface area contributed by atoms with Crippen LogP contribution in [0.4, 0.5) is 0 Å². The minimum absolute atomic E-state index is 0.520. The molecule has 2 rings (SSSR count). The van der Waals surface area contributed by atoms with Crippen molar-refractivity contribution in [2.75, 3.05) is 14.2 Å². The van der Waals surface area contributed by atoms with Crippen LogP contribution < -0.4 is 9.47 Å². The normalized spacial score (nSPS) is 12.2. The lowest BCUT2D eigenvalue weighted by Gasteiger charge is -2.14. The third-order valence-corrected chi connectivity index (χ3v) is 3.63. The van der Waals surface area contributed by atoms with E-state index in [1.807, 2.05) is 0 Å². The van der Waals surface area contributed by atoms with Crippen LogP contribution in [0.2, 0.25) is 4.34 Å². The van der Waals surface area contributed by atoms with Gasteiger partial charge in [0.05, 0.1) is 20.4 Å². The van der Waals surface area contributed by atoms with E-state index in [2.05, 4.69) is 4.98 Å². The van der Waals surface area contributed by atoms with Crippen molar-refractivity contribution in [3.63, 3.8) is 0 Å². The summed E-state index contributed by atoms with van der Waals surface area (Å²) in [6.07, 6.45) is 0.629. The molecule has 1 aromatic carbocycles. The van der Waals surface area contributed by atoms with Gasteiger partial charge in [0.15, 0.2) is 0 Å². The Labute approximate surface area is 114 Å². The van der Waals surface area contributed by atoms with Crippen molar-refractivity contribution >= 4 is 22.9 Å². The highest BCUT2D eigenvalue weighted by Gasteiger charge is 2.19. The second-order valence-electron chi connectivity index (χ2n) is 3.51. The lowest BCUT2D eigenvalue weighted by molar-refractivity contribution is 0.213.